The van der Waals surface area contributed by atoms with Gasteiger partial charge in [-0.2, -0.15) is 0 Å². The maximum Gasteiger partial charge on any atom is 0.170 e. The van der Waals surface area contributed by atoms with Crippen molar-refractivity contribution in [3.8, 4) is 0 Å². The van der Waals surface area contributed by atoms with Crippen LogP contribution in [0.15, 0.2) is 52.1 Å². The van der Waals surface area contributed by atoms with Crippen LogP contribution >= 0.6 is 27.5 Å². The zero-order valence-corrected chi connectivity index (χ0v) is 12.8. The summed E-state index contributed by atoms with van der Waals surface area (Å²) in [6.07, 6.45) is 0. The number of rotatable bonds is 4. The summed E-state index contributed by atoms with van der Waals surface area (Å²) in [6, 6.07) is 13.1. The molecular weight excluding hydrogens is 342 g/mol. The van der Waals surface area contributed by atoms with Crippen LogP contribution < -0.4 is 11.1 Å². The minimum atomic E-state index is 0.0903. The van der Waals surface area contributed by atoms with Gasteiger partial charge < -0.3 is 16.3 Å². The lowest BCUT2D eigenvalue weighted by Gasteiger charge is -2.12. The van der Waals surface area contributed by atoms with Crippen molar-refractivity contribution < 1.29 is 5.21 Å². The third-order valence-corrected chi connectivity index (χ3v) is 4.22. The van der Waals surface area contributed by atoms with Gasteiger partial charge in [0.15, 0.2) is 5.84 Å². The fourth-order valence-corrected chi connectivity index (χ4v) is 2.39. The number of hydrogen-bond acceptors (Lipinski definition) is 3. The van der Waals surface area contributed by atoms with E-state index in [2.05, 4.69) is 26.4 Å². The van der Waals surface area contributed by atoms with Gasteiger partial charge in [0.05, 0.1) is 15.2 Å². The van der Waals surface area contributed by atoms with Gasteiger partial charge in [-0.3, -0.25) is 0 Å². The first-order chi connectivity index (χ1) is 9.63. The molecule has 2 aromatic carbocycles. The monoisotopic (exact) mass is 353 g/mol. The Kier molecular flexibility index (Phi) is 4.87. The number of nitrogens with zero attached hydrogens (tertiary/aromatic N) is 1. The Balaban J connectivity index is 2.21. The summed E-state index contributed by atoms with van der Waals surface area (Å²) in [7, 11) is 0. The molecule has 0 unspecified atom stereocenters. The Hall–Kier alpha value is -1.72. The fraction of sp³-hybridized carbons (Fsp3) is 0.0714. The van der Waals surface area contributed by atoms with E-state index in [0.29, 0.717) is 17.1 Å². The average molecular weight is 355 g/mol. The van der Waals surface area contributed by atoms with Crippen molar-refractivity contribution in [2.75, 3.05) is 5.32 Å². The van der Waals surface area contributed by atoms with Crippen LogP contribution in [0.2, 0.25) is 5.02 Å². The molecule has 2 aromatic rings. The first-order valence-electron chi connectivity index (χ1n) is 5.87. The lowest BCUT2D eigenvalue weighted by molar-refractivity contribution is 0.318. The molecular formula is C14H13BrClN3O. The SMILES string of the molecule is N/C(=N/O)c1ccccc1CNc1cccc(Cl)c1Br. The van der Waals surface area contributed by atoms with Crippen molar-refractivity contribution in [2.45, 2.75) is 6.54 Å². The molecule has 4 N–H and O–H groups in total. The van der Waals surface area contributed by atoms with E-state index in [-0.39, 0.29) is 5.84 Å². The smallest absolute Gasteiger partial charge is 0.170 e. The van der Waals surface area contributed by atoms with E-state index >= 15 is 0 Å². The van der Waals surface area contributed by atoms with Crippen molar-refractivity contribution in [1.82, 2.24) is 0 Å². The number of anilines is 1. The molecule has 0 radical (unpaired) electrons. The highest BCUT2D eigenvalue weighted by Crippen LogP contribution is 2.30. The molecule has 0 aliphatic carbocycles. The van der Waals surface area contributed by atoms with Crippen LogP contribution in [0.4, 0.5) is 5.69 Å². The van der Waals surface area contributed by atoms with E-state index in [1.165, 1.54) is 0 Å². The highest BCUT2D eigenvalue weighted by Gasteiger charge is 2.08. The van der Waals surface area contributed by atoms with E-state index < -0.39 is 0 Å². The molecule has 0 atom stereocenters. The molecule has 6 heteroatoms. The minimum absolute atomic E-state index is 0.0903. The van der Waals surface area contributed by atoms with E-state index in [9.17, 15) is 0 Å². The van der Waals surface area contributed by atoms with Crippen molar-refractivity contribution in [2.24, 2.45) is 10.9 Å². The lowest BCUT2D eigenvalue weighted by atomic mass is 10.1. The zero-order valence-electron chi connectivity index (χ0n) is 10.5. The second-order valence-electron chi connectivity index (χ2n) is 4.10. The van der Waals surface area contributed by atoms with E-state index in [1.54, 1.807) is 12.1 Å². The van der Waals surface area contributed by atoms with Gasteiger partial charge in [-0.15, -0.1) is 0 Å². The number of nitrogens with two attached hydrogens (primary N) is 1. The van der Waals surface area contributed by atoms with E-state index in [1.807, 2.05) is 30.3 Å². The Bertz CT molecular complexity index is 646. The Morgan fingerprint density at radius 1 is 1.25 bits per heavy atom. The first-order valence-corrected chi connectivity index (χ1v) is 7.04. The Morgan fingerprint density at radius 2 is 2.00 bits per heavy atom. The fourth-order valence-electron chi connectivity index (χ4n) is 1.81. The van der Waals surface area contributed by atoms with Crippen LogP contribution in [0.25, 0.3) is 0 Å². The van der Waals surface area contributed by atoms with Gasteiger partial charge in [-0.1, -0.05) is 47.1 Å². The summed E-state index contributed by atoms with van der Waals surface area (Å²) in [5.41, 5.74) is 8.16. The quantitative estimate of drug-likeness (QED) is 0.338. The third-order valence-electron chi connectivity index (χ3n) is 2.82. The number of nitrogens with one attached hydrogen (secondary N) is 1. The van der Waals surface area contributed by atoms with Gasteiger partial charge in [0.2, 0.25) is 0 Å². The summed E-state index contributed by atoms with van der Waals surface area (Å²) < 4.78 is 0.808. The largest absolute Gasteiger partial charge is 0.409 e. The Labute approximate surface area is 130 Å². The third kappa shape index (κ3) is 3.23. The Morgan fingerprint density at radius 3 is 2.75 bits per heavy atom. The number of benzene rings is 2. The molecule has 20 heavy (non-hydrogen) atoms. The predicted molar refractivity (Wildman–Crippen MR) is 85.4 cm³/mol. The molecule has 0 aliphatic rings. The molecule has 104 valence electrons. The summed E-state index contributed by atoms with van der Waals surface area (Å²) in [4.78, 5) is 0. The van der Waals surface area contributed by atoms with Gasteiger partial charge in [0.1, 0.15) is 0 Å². The first kappa shape index (κ1) is 14.7. The molecule has 0 fully saturated rings. The zero-order chi connectivity index (χ0) is 14.5. The van der Waals surface area contributed by atoms with Crippen LogP contribution in [0, 0.1) is 0 Å². The topological polar surface area (TPSA) is 70.6 Å². The highest BCUT2D eigenvalue weighted by atomic mass is 79.9. The number of oxime groups is 1. The van der Waals surface area contributed by atoms with E-state index in [0.717, 1.165) is 15.7 Å². The molecule has 0 aliphatic heterocycles. The minimum Gasteiger partial charge on any atom is -0.409 e. The number of halogens is 2. The van der Waals surface area contributed by atoms with Crippen molar-refractivity contribution in [1.29, 1.82) is 0 Å². The summed E-state index contributed by atoms with van der Waals surface area (Å²) in [5, 5.41) is 15.7. The van der Waals surface area contributed by atoms with E-state index in [4.69, 9.17) is 22.5 Å². The standard InChI is InChI=1S/C14H13BrClN3O/c15-13-11(16)6-3-7-12(13)18-8-9-4-1-2-5-10(9)14(17)19-20/h1-7,18,20H,8H2,(H2,17,19). The molecule has 0 spiro atoms. The summed E-state index contributed by atoms with van der Waals surface area (Å²) >= 11 is 9.47. The molecule has 0 saturated heterocycles. The lowest BCUT2D eigenvalue weighted by Crippen LogP contribution is -2.16. The maximum absolute atomic E-state index is 8.80. The highest BCUT2D eigenvalue weighted by molar-refractivity contribution is 9.10. The van der Waals surface area contributed by atoms with Gasteiger partial charge >= 0.3 is 0 Å². The van der Waals surface area contributed by atoms with Crippen LogP contribution in [0.1, 0.15) is 11.1 Å². The van der Waals surface area contributed by atoms with Gasteiger partial charge in [-0.05, 0) is 33.6 Å². The summed E-state index contributed by atoms with van der Waals surface area (Å²) in [6.45, 7) is 0.533. The number of hydrogen-bond donors (Lipinski definition) is 3. The molecule has 0 bridgehead atoms. The summed E-state index contributed by atoms with van der Waals surface area (Å²) in [5.74, 6) is 0.0903. The molecule has 4 nitrogen and oxygen atoms in total. The predicted octanol–water partition coefficient (Wildman–Crippen LogP) is 3.81. The van der Waals surface area contributed by atoms with Crippen LogP contribution in [0.5, 0.6) is 0 Å². The molecule has 0 amide bonds. The van der Waals surface area contributed by atoms with Gasteiger partial charge in [0.25, 0.3) is 0 Å². The van der Waals surface area contributed by atoms with Crippen LogP contribution in [0.3, 0.4) is 0 Å². The number of amidine groups is 1. The maximum atomic E-state index is 8.80. The van der Waals surface area contributed by atoms with Gasteiger partial charge in [-0.25, -0.2) is 0 Å². The molecule has 2 rings (SSSR count). The molecule has 0 aromatic heterocycles. The second kappa shape index (κ2) is 6.63. The molecule has 0 saturated carbocycles. The van der Waals surface area contributed by atoms with Gasteiger partial charge in [0, 0.05) is 12.1 Å². The van der Waals surface area contributed by atoms with Crippen LogP contribution in [-0.2, 0) is 6.54 Å². The second-order valence-corrected chi connectivity index (χ2v) is 5.30. The van der Waals surface area contributed by atoms with Crippen molar-refractivity contribution in [3.63, 3.8) is 0 Å². The van der Waals surface area contributed by atoms with Crippen molar-refractivity contribution >= 4 is 39.1 Å². The van der Waals surface area contributed by atoms with Crippen molar-refractivity contribution in [3.05, 3.63) is 63.1 Å². The average Bonchev–Trinajstić information content (AvgIpc) is 2.48. The molecule has 0 heterocycles. The van der Waals surface area contributed by atoms with Crippen LogP contribution in [-0.4, -0.2) is 11.0 Å². The normalized spacial score (nSPS) is 11.4.